The smallest absolute Gasteiger partial charge is 0.256 e. The number of anilines is 1. The Kier molecular flexibility index (Phi) is 5.21. The number of rotatable bonds is 5. The molecule has 5 heterocycles. The molecule has 1 aromatic carbocycles. The summed E-state index contributed by atoms with van der Waals surface area (Å²) in [4.78, 5) is 22.9. The average Bonchev–Trinajstić information content (AvgIpc) is 3.63. The number of aromatic nitrogens is 5. The summed E-state index contributed by atoms with van der Waals surface area (Å²) in [6.45, 7) is 5.10. The van der Waals surface area contributed by atoms with Gasteiger partial charge in [-0.1, -0.05) is 12.1 Å². The zero-order valence-electron chi connectivity index (χ0n) is 19.7. The Hall–Kier alpha value is -4.20. The summed E-state index contributed by atoms with van der Waals surface area (Å²) in [6.07, 6.45) is 8.85. The number of benzene rings is 1. The predicted octanol–water partition coefficient (Wildman–Crippen LogP) is 5.72. The van der Waals surface area contributed by atoms with E-state index in [0.29, 0.717) is 33.7 Å². The molecule has 0 spiro atoms. The summed E-state index contributed by atoms with van der Waals surface area (Å²) < 4.78 is 9.62. The molecule has 0 fully saturated rings. The van der Waals surface area contributed by atoms with Crippen LogP contribution in [-0.2, 0) is 13.0 Å². The van der Waals surface area contributed by atoms with Gasteiger partial charge in [0.15, 0.2) is 11.4 Å². The first-order valence-corrected chi connectivity index (χ1v) is 12.0. The molecular weight excluding hydrogens is 440 g/mol. The molecule has 6 rings (SSSR count). The molecule has 0 radical (unpaired) electrons. The largest absolute Gasteiger partial charge is 0.463 e. The van der Waals surface area contributed by atoms with E-state index in [-0.39, 0.29) is 11.9 Å². The third-order valence-corrected chi connectivity index (χ3v) is 6.42. The van der Waals surface area contributed by atoms with Crippen LogP contribution in [0.25, 0.3) is 33.7 Å². The Bertz CT molecular complexity index is 1490. The van der Waals surface area contributed by atoms with Crippen LogP contribution in [0.3, 0.4) is 0 Å². The van der Waals surface area contributed by atoms with Gasteiger partial charge >= 0.3 is 0 Å². The van der Waals surface area contributed by atoms with Gasteiger partial charge < -0.3 is 14.3 Å². The van der Waals surface area contributed by atoms with Crippen molar-refractivity contribution in [2.24, 2.45) is 0 Å². The first-order chi connectivity index (χ1) is 17.1. The second-order valence-corrected chi connectivity index (χ2v) is 9.18. The predicted molar refractivity (Wildman–Crippen MR) is 134 cm³/mol. The number of hydrogen-bond donors (Lipinski definition) is 1. The van der Waals surface area contributed by atoms with E-state index in [1.807, 2.05) is 48.9 Å². The van der Waals surface area contributed by atoms with Crippen molar-refractivity contribution in [1.82, 2.24) is 24.3 Å². The highest BCUT2D eigenvalue weighted by atomic mass is 16.3. The maximum Gasteiger partial charge on any atom is 0.256 e. The molecule has 4 aromatic heterocycles. The van der Waals surface area contributed by atoms with Gasteiger partial charge in [-0.3, -0.25) is 4.79 Å². The number of amides is 1. The normalized spacial score (nSPS) is 13.3. The van der Waals surface area contributed by atoms with E-state index in [1.54, 1.807) is 24.6 Å². The lowest BCUT2D eigenvalue weighted by Gasteiger charge is -2.11. The van der Waals surface area contributed by atoms with Gasteiger partial charge in [0.1, 0.15) is 11.5 Å². The number of nitrogens with zero attached hydrogens (tertiary/aromatic N) is 5. The van der Waals surface area contributed by atoms with Crippen molar-refractivity contribution in [3.05, 3.63) is 72.5 Å². The number of carbonyl (C=O) groups is 1. The van der Waals surface area contributed by atoms with Gasteiger partial charge in [-0.2, -0.15) is 5.10 Å². The van der Waals surface area contributed by atoms with E-state index >= 15 is 0 Å². The quantitative estimate of drug-likeness (QED) is 0.357. The standard InChI is InChI=1S/C27H26N6O2/c1-17(2)33-26-21(15-28-33)20(14-22(31-26)24-6-5-13-35-24)27(34)29-19-10-8-18(9-11-19)23-16-32-12-4-3-7-25(32)30-23/h5-6,8-11,13-17H,3-4,7,12H2,1-2H3,(H,29,34). The summed E-state index contributed by atoms with van der Waals surface area (Å²) in [6, 6.07) is 13.3. The maximum absolute atomic E-state index is 13.4. The number of carbonyl (C=O) groups excluding carboxylic acids is 1. The molecule has 0 atom stereocenters. The number of aryl methyl sites for hydroxylation is 2. The van der Waals surface area contributed by atoms with Crippen molar-refractivity contribution in [3.8, 4) is 22.7 Å². The molecule has 8 heteroatoms. The van der Waals surface area contributed by atoms with Crippen LogP contribution in [0.15, 0.2) is 65.5 Å². The molecule has 1 aliphatic rings. The average molecular weight is 467 g/mol. The van der Waals surface area contributed by atoms with Crippen molar-refractivity contribution in [1.29, 1.82) is 0 Å². The van der Waals surface area contributed by atoms with Crippen molar-refractivity contribution in [3.63, 3.8) is 0 Å². The highest BCUT2D eigenvalue weighted by molar-refractivity contribution is 6.12. The molecule has 0 bridgehead atoms. The summed E-state index contributed by atoms with van der Waals surface area (Å²) in [5.74, 6) is 1.53. The minimum atomic E-state index is -0.223. The van der Waals surface area contributed by atoms with E-state index in [9.17, 15) is 4.79 Å². The number of imidazole rings is 1. The van der Waals surface area contributed by atoms with Gasteiger partial charge in [0.05, 0.1) is 29.1 Å². The van der Waals surface area contributed by atoms with Crippen LogP contribution >= 0.6 is 0 Å². The number of furan rings is 1. The van der Waals surface area contributed by atoms with Gasteiger partial charge in [-0.15, -0.1) is 0 Å². The summed E-state index contributed by atoms with van der Waals surface area (Å²) in [5.41, 5.74) is 4.46. The van der Waals surface area contributed by atoms with E-state index < -0.39 is 0 Å². The zero-order chi connectivity index (χ0) is 23.9. The van der Waals surface area contributed by atoms with Crippen LogP contribution in [0.4, 0.5) is 5.69 Å². The topological polar surface area (TPSA) is 90.8 Å². The second-order valence-electron chi connectivity index (χ2n) is 9.18. The van der Waals surface area contributed by atoms with Crippen LogP contribution < -0.4 is 5.32 Å². The van der Waals surface area contributed by atoms with Crippen molar-refractivity contribution < 1.29 is 9.21 Å². The second kappa shape index (κ2) is 8.54. The van der Waals surface area contributed by atoms with Gasteiger partial charge in [0.2, 0.25) is 0 Å². The van der Waals surface area contributed by atoms with Gasteiger partial charge in [-0.25, -0.2) is 14.6 Å². The highest BCUT2D eigenvalue weighted by Gasteiger charge is 2.20. The molecule has 35 heavy (non-hydrogen) atoms. The lowest BCUT2D eigenvalue weighted by atomic mass is 10.1. The molecule has 1 aliphatic heterocycles. The Morgan fingerprint density at radius 2 is 1.94 bits per heavy atom. The Balaban J connectivity index is 1.31. The minimum absolute atomic E-state index is 0.101. The van der Waals surface area contributed by atoms with Gasteiger partial charge in [-0.05, 0) is 57.0 Å². The van der Waals surface area contributed by atoms with Gasteiger partial charge in [0, 0.05) is 36.5 Å². The van der Waals surface area contributed by atoms with Crippen molar-refractivity contribution in [2.45, 2.75) is 45.7 Å². The molecular formula is C27H26N6O2. The Morgan fingerprint density at radius 1 is 1.09 bits per heavy atom. The zero-order valence-corrected chi connectivity index (χ0v) is 19.7. The summed E-state index contributed by atoms with van der Waals surface area (Å²) in [5, 5.41) is 8.20. The van der Waals surface area contributed by atoms with Gasteiger partial charge in [0.25, 0.3) is 5.91 Å². The van der Waals surface area contributed by atoms with Crippen molar-refractivity contribution in [2.75, 3.05) is 5.32 Å². The fourth-order valence-electron chi connectivity index (χ4n) is 4.61. The number of nitrogens with one attached hydrogen (secondary N) is 1. The number of pyridine rings is 1. The first kappa shape index (κ1) is 21.3. The molecule has 176 valence electrons. The summed E-state index contributed by atoms with van der Waals surface area (Å²) in [7, 11) is 0. The third-order valence-electron chi connectivity index (χ3n) is 6.42. The lowest BCUT2D eigenvalue weighted by molar-refractivity contribution is 0.102. The maximum atomic E-state index is 13.4. The molecule has 0 saturated heterocycles. The van der Waals surface area contributed by atoms with Crippen LogP contribution in [0.2, 0.25) is 0 Å². The Morgan fingerprint density at radius 3 is 2.69 bits per heavy atom. The third kappa shape index (κ3) is 3.90. The molecule has 0 unspecified atom stereocenters. The molecule has 1 amide bonds. The molecule has 1 N–H and O–H groups in total. The molecule has 8 nitrogen and oxygen atoms in total. The fourth-order valence-corrected chi connectivity index (χ4v) is 4.61. The highest BCUT2D eigenvalue weighted by Crippen LogP contribution is 2.28. The Labute approximate surface area is 202 Å². The van der Waals surface area contributed by atoms with Crippen molar-refractivity contribution >= 4 is 22.6 Å². The van der Waals surface area contributed by atoms with Crippen LogP contribution in [-0.4, -0.2) is 30.2 Å². The van der Waals surface area contributed by atoms with E-state index in [4.69, 9.17) is 14.4 Å². The number of hydrogen-bond acceptors (Lipinski definition) is 5. The number of fused-ring (bicyclic) bond motifs is 2. The first-order valence-electron chi connectivity index (χ1n) is 12.0. The van der Waals surface area contributed by atoms with E-state index in [1.165, 1.54) is 12.8 Å². The molecule has 0 saturated carbocycles. The van der Waals surface area contributed by atoms with Crippen LogP contribution in [0.5, 0.6) is 0 Å². The van der Waals surface area contributed by atoms with Crippen LogP contribution in [0.1, 0.15) is 48.9 Å². The summed E-state index contributed by atoms with van der Waals surface area (Å²) >= 11 is 0. The van der Waals surface area contributed by atoms with E-state index in [2.05, 4.69) is 21.2 Å². The fraction of sp³-hybridized carbons (Fsp3) is 0.259. The van der Waals surface area contributed by atoms with Crippen LogP contribution in [0, 0.1) is 0 Å². The molecule has 5 aromatic rings. The molecule has 0 aliphatic carbocycles. The minimum Gasteiger partial charge on any atom is -0.463 e. The SMILES string of the molecule is CC(C)n1ncc2c(C(=O)Nc3ccc(-c4cn5c(n4)CCCC5)cc3)cc(-c3ccco3)nc21. The monoisotopic (exact) mass is 466 g/mol. The lowest BCUT2D eigenvalue weighted by Crippen LogP contribution is -2.13. The van der Waals surface area contributed by atoms with E-state index in [0.717, 1.165) is 30.0 Å².